The van der Waals surface area contributed by atoms with Gasteiger partial charge in [0, 0.05) is 41.3 Å². The van der Waals surface area contributed by atoms with E-state index >= 15 is 0 Å². The topological polar surface area (TPSA) is 101 Å². The van der Waals surface area contributed by atoms with Gasteiger partial charge in [0.05, 0.1) is 40.4 Å². The molecule has 1 amide bonds. The zero-order chi connectivity index (χ0) is 30.0. The van der Waals surface area contributed by atoms with Gasteiger partial charge in [0.1, 0.15) is 5.82 Å². The van der Waals surface area contributed by atoms with Gasteiger partial charge >= 0.3 is 6.18 Å². The van der Waals surface area contributed by atoms with Crippen LogP contribution in [0.1, 0.15) is 68.1 Å². The molecule has 2 aromatic rings. The van der Waals surface area contributed by atoms with Gasteiger partial charge in [0.2, 0.25) is 0 Å². The van der Waals surface area contributed by atoms with Crippen molar-refractivity contribution in [2.24, 2.45) is 0 Å². The summed E-state index contributed by atoms with van der Waals surface area (Å²) in [6.45, 7) is 14.8. The lowest BCUT2D eigenvalue weighted by Crippen LogP contribution is -2.32. The first-order chi connectivity index (χ1) is 18.6. The highest BCUT2D eigenvalue weighted by Gasteiger charge is 2.40. The Morgan fingerprint density at radius 1 is 1.20 bits per heavy atom. The lowest BCUT2D eigenvalue weighted by molar-refractivity contribution is -0.137. The first-order valence-electron chi connectivity index (χ1n) is 13.0. The number of H-pyrrole nitrogens is 1. The van der Waals surface area contributed by atoms with Crippen molar-refractivity contribution in [1.29, 1.82) is 0 Å². The maximum absolute atomic E-state index is 14.8. The molecule has 1 aromatic heterocycles. The molecule has 218 valence electrons. The van der Waals surface area contributed by atoms with Gasteiger partial charge in [-0.1, -0.05) is 27.0 Å². The second-order valence-corrected chi connectivity index (χ2v) is 10.2. The van der Waals surface area contributed by atoms with E-state index in [9.17, 15) is 27.5 Å². The van der Waals surface area contributed by atoms with E-state index in [1.54, 1.807) is 11.8 Å². The van der Waals surface area contributed by atoms with Gasteiger partial charge in [0.25, 0.3) is 5.91 Å². The maximum Gasteiger partial charge on any atom is 0.419 e. The number of aliphatic hydroxyl groups is 2. The van der Waals surface area contributed by atoms with E-state index in [-0.39, 0.29) is 50.9 Å². The van der Waals surface area contributed by atoms with E-state index in [4.69, 9.17) is 5.11 Å². The van der Waals surface area contributed by atoms with E-state index < -0.39 is 35.7 Å². The Morgan fingerprint density at radius 3 is 2.45 bits per heavy atom. The van der Waals surface area contributed by atoms with Crippen LogP contribution in [-0.4, -0.2) is 51.3 Å². The minimum absolute atomic E-state index is 0.0531. The molecule has 1 aliphatic rings. The third-order valence-electron chi connectivity index (χ3n) is 7.03. The summed E-state index contributed by atoms with van der Waals surface area (Å²) >= 11 is 0. The van der Waals surface area contributed by atoms with Gasteiger partial charge < -0.3 is 30.7 Å². The molecule has 0 spiro atoms. The standard InChI is InChI=1S/C29H36F4N4O3/c1-7-10-37(11-9-28(6,40)8-2)18(5)25-17(4)35-24(26(25)29(31,32)33)13-20-19-12-21(30)23(34-16(3)15-38)14-22(19)36-27(20)39/h12-14,34-35,38,40H,3,5,7-11,15H2,1-2,4,6H3,(H,36,39)/b20-13-. The van der Waals surface area contributed by atoms with Gasteiger partial charge in [-0.25, -0.2) is 4.39 Å². The predicted octanol–water partition coefficient (Wildman–Crippen LogP) is 6.13. The Balaban J connectivity index is 2.09. The number of nitrogens with one attached hydrogen (secondary N) is 3. The molecule has 5 N–H and O–H groups in total. The lowest BCUT2D eigenvalue weighted by atomic mass is 9.97. The monoisotopic (exact) mass is 564 g/mol. The first-order valence-corrected chi connectivity index (χ1v) is 13.0. The zero-order valence-electron chi connectivity index (χ0n) is 23.2. The van der Waals surface area contributed by atoms with E-state index in [0.29, 0.717) is 32.4 Å². The van der Waals surface area contributed by atoms with Crippen LogP contribution in [0.25, 0.3) is 17.3 Å². The van der Waals surface area contributed by atoms with Crippen LogP contribution in [0.2, 0.25) is 0 Å². The number of carbonyl (C=O) groups excluding carboxylic acids is 1. The molecule has 0 fully saturated rings. The van der Waals surface area contributed by atoms with Crippen LogP contribution in [0.15, 0.2) is 31.0 Å². The van der Waals surface area contributed by atoms with Crippen molar-refractivity contribution in [3.8, 4) is 0 Å². The Morgan fingerprint density at radius 2 is 1.88 bits per heavy atom. The number of fused-ring (bicyclic) bond motifs is 1. The number of alkyl halides is 3. The molecule has 11 heteroatoms. The summed E-state index contributed by atoms with van der Waals surface area (Å²) in [6, 6.07) is 2.33. The van der Waals surface area contributed by atoms with E-state index in [0.717, 1.165) is 12.1 Å². The summed E-state index contributed by atoms with van der Waals surface area (Å²) in [4.78, 5) is 17.3. The van der Waals surface area contributed by atoms with Gasteiger partial charge in [-0.3, -0.25) is 4.79 Å². The zero-order valence-corrected chi connectivity index (χ0v) is 23.2. The average molecular weight is 565 g/mol. The van der Waals surface area contributed by atoms with E-state index in [1.807, 2.05) is 13.8 Å². The fourth-order valence-corrected chi connectivity index (χ4v) is 4.60. The molecule has 0 bridgehead atoms. The Hall–Kier alpha value is -3.57. The molecule has 40 heavy (non-hydrogen) atoms. The minimum atomic E-state index is -4.80. The van der Waals surface area contributed by atoms with Crippen molar-refractivity contribution >= 4 is 34.6 Å². The van der Waals surface area contributed by atoms with Crippen LogP contribution in [0, 0.1) is 12.7 Å². The lowest BCUT2D eigenvalue weighted by Gasteiger charge is -2.31. The molecule has 2 heterocycles. The largest absolute Gasteiger partial charge is 0.419 e. The highest BCUT2D eigenvalue weighted by Crippen LogP contribution is 2.43. The van der Waals surface area contributed by atoms with Crippen molar-refractivity contribution < 1.29 is 32.6 Å². The number of halogens is 4. The van der Waals surface area contributed by atoms with Crippen molar-refractivity contribution in [3.63, 3.8) is 0 Å². The minimum Gasteiger partial charge on any atom is -0.390 e. The number of nitrogens with zero attached hydrogens (tertiary/aromatic N) is 1. The number of amides is 1. The van der Waals surface area contributed by atoms with Crippen LogP contribution in [0.3, 0.4) is 0 Å². The molecule has 0 saturated heterocycles. The number of aromatic nitrogens is 1. The number of rotatable bonds is 12. The molecule has 0 aliphatic carbocycles. The smallest absolute Gasteiger partial charge is 0.390 e. The molecule has 7 nitrogen and oxygen atoms in total. The van der Waals surface area contributed by atoms with Crippen LogP contribution in [-0.2, 0) is 11.0 Å². The van der Waals surface area contributed by atoms with Crippen LogP contribution >= 0.6 is 0 Å². The normalized spacial score (nSPS) is 15.6. The van der Waals surface area contributed by atoms with Crippen molar-refractivity contribution in [2.75, 3.05) is 30.3 Å². The summed E-state index contributed by atoms with van der Waals surface area (Å²) in [5.41, 5.74) is -1.85. The van der Waals surface area contributed by atoms with E-state index in [1.165, 1.54) is 13.0 Å². The molecule has 3 rings (SSSR count). The van der Waals surface area contributed by atoms with Crippen molar-refractivity contribution in [2.45, 2.75) is 58.7 Å². The summed E-state index contributed by atoms with van der Waals surface area (Å²) in [6.07, 6.45) is -2.25. The number of aliphatic hydroxyl groups excluding tert-OH is 1. The number of benzene rings is 1. The summed E-state index contributed by atoms with van der Waals surface area (Å²) in [5, 5.41) is 24.7. The number of hydrogen-bond donors (Lipinski definition) is 5. The second kappa shape index (κ2) is 11.9. The summed E-state index contributed by atoms with van der Waals surface area (Å²) < 4.78 is 58.5. The molecule has 1 aliphatic heterocycles. The molecular formula is C29H36F4N4O3. The van der Waals surface area contributed by atoms with Crippen LogP contribution in [0.4, 0.5) is 28.9 Å². The number of aryl methyl sites for hydroxylation is 1. The highest BCUT2D eigenvalue weighted by atomic mass is 19.4. The predicted molar refractivity (Wildman–Crippen MR) is 150 cm³/mol. The third kappa shape index (κ3) is 6.59. The number of anilines is 2. The first kappa shape index (κ1) is 31.0. The SMILES string of the molecule is C=C(CO)Nc1cc2c(cc1F)/C(=C/c1[nH]c(C)c(C(=C)N(CCC)CCC(C)(O)CC)c1C(F)(F)F)C(=O)N2. The third-order valence-corrected chi connectivity index (χ3v) is 7.03. The van der Waals surface area contributed by atoms with Crippen LogP contribution < -0.4 is 10.6 Å². The maximum atomic E-state index is 14.8. The van der Waals surface area contributed by atoms with E-state index in [2.05, 4.69) is 28.8 Å². The fourth-order valence-electron chi connectivity index (χ4n) is 4.60. The summed E-state index contributed by atoms with van der Waals surface area (Å²) in [7, 11) is 0. The number of carbonyl (C=O) groups is 1. The highest BCUT2D eigenvalue weighted by molar-refractivity contribution is 6.35. The van der Waals surface area contributed by atoms with Crippen molar-refractivity contribution in [1.82, 2.24) is 9.88 Å². The Bertz CT molecular complexity index is 1340. The fraction of sp³-hybridized carbons (Fsp3) is 0.414. The Kier molecular flexibility index (Phi) is 9.21. The summed E-state index contributed by atoms with van der Waals surface area (Å²) in [5.74, 6) is -1.47. The van der Waals surface area contributed by atoms with Gasteiger partial charge in [0.15, 0.2) is 0 Å². The molecular weight excluding hydrogens is 528 g/mol. The molecule has 1 unspecified atom stereocenters. The van der Waals surface area contributed by atoms with Gasteiger partial charge in [-0.15, -0.1) is 0 Å². The van der Waals surface area contributed by atoms with Crippen molar-refractivity contribution in [3.05, 3.63) is 64.9 Å². The quantitative estimate of drug-likeness (QED) is 0.158. The Labute approximate surface area is 231 Å². The van der Waals surface area contributed by atoms with Gasteiger partial charge in [-0.05, 0) is 51.3 Å². The number of hydrogen-bond acceptors (Lipinski definition) is 5. The van der Waals surface area contributed by atoms with Gasteiger partial charge in [-0.2, -0.15) is 13.2 Å². The van der Waals surface area contributed by atoms with Crippen LogP contribution in [0.5, 0.6) is 0 Å². The molecule has 0 radical (unpaired) electrons. The molecule has 0 saturated carbocycles. The number of aromatic amines is 1. The molecule has 1 atom stereocenters. The average Bonchev–Trinajstić information content (AvgIpc) is 3.37. The second-order valence-electron chi connectivity index (χ2n) is 10.2. The molecule has 1 aromatic carbocycles.